The number of aryl methyl sites for hydroxylation is 1. The summed E-state index contributed by atoms with van der Waals surface area (Å²) in [5.41, 5.74) is 5.81. The average Bonchev–Trinajstić information content (AvgIpc) is 2.79. The molecule has 1 N–H and O–H groups in total. The summed E-state index contributed by atoms with van der Waals surface area (Å²) in [6, 6.07) is 8.45. The summed E-state index contributed by atoms with van der Waals surface area (Å²) in [5, 5.41) is 1.84. The molecule has 0 saturated carbocycles. The number of anilines is 1. The number of carbonyl (C=O) groups excluding carboxylic acids is 1. The Hall–Kier alpha value is -1.77. The zero-order valence-corrected chi connectivity index (χ0v) is 12.3. The van der Waals surface area contributed by atoms with E-state index in [1.165, 1.54) is 37.7 Å². The number of hydrogen-bond acceptors (Lipinski definition) is 2. The topological polar surface area (TPSA) is 32.3 Å². The van der Waals surface area contributed by atoms with Crippen LogP contribution in [0.25, 0.3) is 0 Å². The highest BCUT2D eigenvalue weighted by atomic mass is 16.2. The Kier molecular flexibility index (Phi) is 5.22. The van der Waals surface area contributed by atoms with Gasteiger partial charge in [0, 0.05) is 5.57 Å². The molecule has 0 spiro atoms. The van der Waals surface area contributed by atoms with Crippen LogP contribution in [0.15, 0.2) is 36.4 Å². The molecule has 1 heterocycles. The lowest BCUT2D eigenvalue weighted by atomic mass is 10.1. The number of benzene rings is 1. The summed E-state index contributed by atoms with van der Waals surface area (Å²) in [7, 11) is 0. The van der Waals surface area contributed by atoms with E-state index in [4.69, 9.17) is 0 Å². The van der Waals surface area contributed by atoms with Gasteiger partial charge in [-0.15, -0.1) is 0 Å². The van der Waals surface area contributed by atoms with Gasteiger partial charge in [0.25, 0.3) is 5.91 Å². The van der Waals surface area contributed by atoms with Gasteiger partial charge in [-0.2, -0.15) is 0 Å². The number of rotatable bonds is 7. The number of amides is 1. The standard InChI is InChI=1S/C17H24N2O/c1-3-4-5-6-7-8-15-9-11-16(12-10-15)19-13-14(2)17(20)18-19/h9-12H,2-8,13H2,1H3,(H,18,20). The monoisotopic (exact) mass is 272 g/mol. The molecule has 1 fully saturated rings. The first-order valence-electron chi connectivity index (χ1n) is 7.56. The van der Waals surface area contributed by atoms with Gasteiger partial charge in [0.05, 0.1) is 12.2 Å². The van der Waals surface area contributed by atoms with Gasteiger partial charge in [0.2, 0.25) is 0 Å². The molecular weight excluding hydrogens is 248 g/mol. The molecule has 20 heavy (non-hydrogen) atoms. The van der Waals surface area contributed by atoms with Gasteiger partial charge >= 0.3 is 0 Å². The smallest absolute Gasteiger partial charge is 0.267 e. The summed E-state index contributed by atoms with van der Waals surface area (Å²) in [6.45, 7) is 6.55. The van der Waals surface area contributed by atoms with Gasteiger partial charge < -0.3 is 0 Å². The van der Waals surface area contributed by atoms with Gasteiger partial charge in [0.15, 0.2) is 0 Å². The Labute approximate surface area is 121 Å². The third-order valence-electron chi connectivity index (χ3n) is 3.72. The predicted molar refractivity (Wildman–Crippen MR) is 83.5 cm³/mol. The zero-order chi connectivity index (χ0) is 14.4. The number of hydrogen-bond donors (Lipinski definition) is 1. The second kappa shape index (κ2) is 7.13. The fraction of sp³-hybridized carbons (Fsp3) is 0.471. The van der Waals surface area contributed by atoms with Crippen LogP contribution >= 0.6 is 0 Å². The number of unbranched alkanes of at least 4 members (excludes halogenated alkanes) is 4. The average molecular weight is 272 g/mol. The van der Waals surface area contributed by atoms with Gasteiger partial charge in [-0.1, -0.05) is 51.3 Å². The Bertz CT molecular complexity index is 448. The predicted octanol–water partition coefficient (Wildman–Crippen LogP) is 3.61. The van der Waals surface area contributed by atoms with Crippen molar-refractivity contribution in [2.45, 2.75) is 45.4 Å². The SMILES string of the molecule is C=C1CN(c2ccc(CCCCCCC)cc2)NC1=O. The van der Waals surface area contributed by atoms with E-state index in [9.17, 15) is 4.79 Å². The van der Waals surface area contributed by atoms with E-state index in [2.05, 4.69) is 43.2 Å². The lowest BCUT2D eigenvalue weighted by Crippen LogP contribution is -2.32. The summed E-state index contributed by atoms with van der Waals surface area (Å²) in [5.74, 6) is -0.0787. The fourth-order valence-electron chi connectivity index (χ4n) is 2.43. The Balaban J connectivity index is 1.81. The molecule has 1 aliphatic rings. The molecule has 0 unspecified atom stereocenters. The quantitative estimate of drug-likeness (QED) is 0.607. The maximum absolute atomic E-state index is 11.4. The summed E-state index contributed by atoms with van der Waals surface area (Å²) in [6.07, 6.45) is 7.70. The Morgan fingerprint density at radius 1 is 1.15 bits per heavy atom. The molecule has 2 rings (SSSR count). The molecule has 1 aromatic rings. The van der Waals surface area contributed by atoms with Crippen LogP contribution in [0.4, 0.5) is 5.69 Å². The van der Waals surface area contributed by atoms with Crippen molar-refractivity contribution >= 4 is 11.6 Å². The second-order valence-electron chi connectivity index (χ2n) is 5.46. The molecule has 3 heteroatoms. The van der Waals surface area contributed by atoms with E-state index in [1.54, 1.807) is 0 Å². The van der Waals surface area contributed by atoms with Crippen molar-refractivity contribution in [3.8, 4) is 0 Å². The van der Waals surface area contributed by atoms with Gasteiger partial charge in [-0.25, -0.2) is 0 Å². The van der Waals surface area contributed by atoms with E-state index in [-0.39, 0.29) is 5.91 Å². The summed E-state index contributed by atoms with van der Waals surface area (Å²) >= 11 is 0. The molecular formula is C17H24N2O. The van der Waals surface area contributed by atoms with Crippen LogP contribution < -0.4 is 10.4 Å². The maximum atomic E-state index is 11.4. The molecule has 1 saturated heterocycles. The van der Waals surface area contributed by atoms with E-state index < -0.39 is 0 Å². The molecule has 1 aromatic carbocycles. The van der Waals surface area contributed by atoms with Crippen molar-refractivity contribution in [3.63, 3.8) is 0 Å². The molecule has 0 aliphatic carbocycles. The van der Waals surface area contributed by atoms with Crippen LogP contribution in [0, 0.1) is 0 Å². The molecule has 0 atom stereocenters. The third kappa shape index (κ3) is 3.86. The van der Waals surface area contributed by atoms with Crippen molar-refractivity contribution in [3.05, 3.63) is 42.0 Å². The first kappa shape index (κ1) is 14.6. The number of nitrogens with zero attached hydrogens (tertiary/aromatic N) is 1. The van der Waals surface area contributed by atoms with Crippen LogP contribution in [0.1, 0.15) is 44.6 Å². The van der Waals surface area contributed by atoms with Crippen molar-refractivity contribution in [1.82, 2.24) is 5.43 Å². The largest absolute Gasteiger partial charge is 0.281 e. The zero-order valence-electron chi connectivity index (χ0n) is 12.3. The first-order valence-corrected chi connectivity index (χ1v) is 7.56. The van der Waals surface area contributed by atoms with Gasteiger partial charge in [-0.3, -0.25) is 15.2 Å². The van der Waals surface area contributed by atoms with Crippen molar-refractivity contribution in [1.29, 1.82) is 0 Å². The van der Waals surface area contributed by atoms with Crippen LogP contribution in [-0.4, -0.2) is 12.5 Å². The lowest BCUT2D eigenvalue weighted by molar-refractivity contribution is -0.116. The molecule has 0 bridgehead atoms. The normalized spacial score (nSPS) is 14.8. The van der Waals surface area contributed by atoms with Crippen LogP contribution in [0.3, 0.4) is 0 Å². The van der Waals surface area contributed by atoms with Gasteiger partial charge in [-0.05, 0) is 30.5 Å². The number of nitrogens with one attached hydrogen (secondary N) is 1. The highest BCUT2D eigenvalue weighted by molar-refractivity contribution is 5.97. The fourth-order valence-corrected chi connectivity index (χ4v) is 2.43. The maximum Gasteiger partial charge on any atom is 0.267 e. The molecule has 0 aromatic heterocycles. The lowest BCUT2D eigenvalue weighted by Gasteiger charge is -2.17. The van der Waals surface area contributed by atoms with Crippen LogP contribution in [-0.2, 0) is 11.2 Å². The molecule has 3 nitrogen and oxygen atoms in total. The Morgan fingerprint density at radius 3 is 2.45 bits per heavy atom. The minimum absolute atomic E-state index is 0.0787. The van der Waals surface area contributed by atoms with E-state index in [1.807, 2.05) is 5.01 Å². The number of carbonyl (C=O) groups is 1. The van der Waals surface area contributed by atoms with Crippen LogP contribution in [0.5, 0.6) is 0 Å². The van der Waals surface area contributed by atoms with Crippen molar-refractivity contribution in [2.75, 3.05) is 11.6 Å². The van der Waals surface area contributed by atoms with Gasteiger partial charge in [0.1, 0.15) is 0 Å². The minimum Gasteiger partial charge on any atom is -0.281 e. The van der Waals surface area contributed by atoms with Crippen molar-refractivity contribution < 1.29 is 4.79 Å². The second-order valence-corrected chi connectivity index (χ2v) is 5.46. The van der Waals surface area contributed by atoms with E-state index in [0.717, 1.165) is 12.1 Å². The van der Waals surface area contributed by atoms with Crippen LogP contribution in [0.2, 0.25) is 0 Å². The number of hydrazine groups is 1. The molecule has 1 aliphatic heterocycles. The van der Waals surface area contributed by atoms with Crippen molar-refractivity contribution in [2.24, 2.45) is 0 Å². The Morgan fingerprint density at radius 2 is 1.85 bits per heavy atom. The molecule has 1 amide bonds. The summed E-state index contributed by atoms with van der Waals surface area (Å²) < 4.78 is 0. The third-order valence-corrected chi connectivity index (χ3v) is 3.72. The molecule has 108 valence electrons. The summed E-state index contributed by atoms with van der Waals surface area (Å²) in [4.78, 5) is 11.4. The van der Waals surface area contributed by atoms with E-state index in [0.29, 0.717) is 12.1 Å². The highest BCUT2D eigenvalue weighted by Crippen LogP contribution is 2.19. The minimum atomic E-state index is -0.0787. The van der Waals surface area contributed by atoms with E-state index >= 15 is 0 Å². The highest BCUT2D eigenvalue weighted by Gasteiger charge is 2.22. The first-order chi connectivity index (χ1) is 9.70. The molecule has 0 radical (unpaired) electrons.